The quantitative estimate of drug-likeness (QED) is 0.914. The van der Waals surface area contributed by atoms with Crippen molar-refractivity contribution in [1.29, 1.82) is 0 Å². The molecule has 0 saturated heterocycles. The van der Waals surface area contributed by atoms with Crippen LogP contribution in [0.3, 0.4) is 0 Å². The number of rotatable bonds is 4. The molecule has 0 atom stereocenters. The van der Waals surface area contributed by atoms with Crippen molar-refractivity contribution in [2.75, 3.05) is 26.6 Å². The molecule has 0 unspecified atom stereocenters. The zero-order valence-electron chi connectivity index (χ0n) is 12.1. The molecular weight excluding hydrogens is 240 g/mol. The minimum absolute atomic E-state index is 0.410. The largest absolute Gasteiger partial charge is 0.493 e. The van der Waals surface area contributed by atoms with Crippen LogP contribution in [0.15, 0.2) is 18.2 Å². The lowest BCUT2D eigenvalue weighted by atomic mass is 10.0. The van der Waals surface area contributed by atoms with E-state index in [1.807, 2.05) is 19.2 Å². The van der Waals surface area contributed by atoms with Crippen molar-refractivity contribution in [3.05, 3.63) is 23.8 Å². The maximum atomic E-state index is 5.33. The van der Waals surface area contributed by atoms with E-state index in [0.717, 1.165) is 22.5 Å². The first-order valence-electron chi connectivity index (χ1n) is 6.35. The highest BCUT2D eigenvalue weighted by molar-refractivity contribution is 5.85. The summed E-state index contributed by atoms with van der Waals surface area (Å²) in [6, 6.07) is 6.02. The number of hydrogen-bond donors (Lipinski definition) is 1. The summed E-state index contributed by atoms with van der Waals surface area (Å²) < 4.78 is 10.6. The molecule has 1 aromatic carbocycles. The van der Waals surface area contributed by atoms with Crippen LogP contribution in [0.5, 0.6) is 11.5 Å². The third kappa shape index (κ3) is 2.43. The summed E-state index contributed by atoms with van der Waals surface area (Å²) in [4.78, 5) is 4.65. The van der Waals surface area contributed by atoms with E-state index < -0.39 is 0 Å². The summed E-state index contributed by atoms with van der Waals surface area (Å²) in [7, 11) is 5.16. The van der Waals surface area contributed by atoms with E-state index in [1.165, 1.54) is 5.56 Å². The fourth-order valence-corrected chi connectivity index (χ4v) is 2.16. The molecule has 1 N–H and O–H groups in total. The topological polar surface area (TPSA) is 43.4 Å². The smallest absolute Gasteiger partial charge is 0.162 e. The van der Waals surface area contributed by atoms with Crippen molar-refractivity contribution in [2.45, 2.75) is 19.8 Å². The second-order valence-electron chi connectivity index (χ2n) is 4.73. The van der Waals surface area contributed by atoms with Crippen LogP contribution in [-0.4, -0.2) is 26.3 Å². The Bertz CT molecular complexity index is 594. The van der Waals surface area contributed by atoms with Gasteiger partial charge in [0, 0.05) is 18.5 Å². The number of hydrogen-bond acceptors (Lipinski definition) is 4. The molecule has 2 aromatic rings. The molecule has 4 nitrogen and oxygen atoms in total. The first-order chi connectivity index (χ1) is 9.10. The Labute approximate surface area is 113 Å². The second kappa shape index (κ2) is 5.34. The molecule has 0 saturated carbocycles. The number of pyridine rings is 1. The molecule has 0 fully saturated rings. The van der Waals surface area contributed by atoms with Crippen LogP contribution in [0.25, 0.3) is 10.9 Å². The number of aromatic nitrogens is 1. The molecule has 0 aliphatic rings. The van der Waals surface area contributed by atoms with E-state index in [0.29, 0.717) is 11.7 Å². The van der Waals surface area contributed by atoms with Gasteiger partial charge in [-0.25, -0.2) is 4.98 Å². The molecule has 0 aliphatic carbocycles. The van der Waals surface area contributed by atoms with Crippen molar-refractivity contribution in [2.24, 2.45) is 0 Å². The summed E-state index contributed by atoms with van der Waals surface area (Å²) in [6.07, 6.45) is 0. The first kappa shape index (κ1) is 13.5. The predicted molar refractivity (Wildman–Crippen MR) is 78.5 cm³/mol. The van der Waals surface area contributed by atoms with Crippen molar-refractivity contribution in [3.63, 3.8) is 0 Å². The van der Waals surface area contributed by atoms with E-state index in [9.17, 15) is 0 Å². The van der Waals surface area contributed by atoms with E-state index in [-0.39, 0.29) is 0 Å². The Kier molecular flexibility index (Phi) is 3.79. The zero-order chi connectivity index (χ0) is 14.0. The Morgan fingerprint density at radius 2 is 1.68 bits per heavy atom. The molecule has 0 amide bonds. The van der Waals surface area contributed by atoms with Gasteiger partial charge in [-0.15, -0.1) is 0 Å². The van der Waals surface area contributed by atoms with Gasteiger partial charge in [0.1, 0.15) is 5.82 Å². The third-order valence-electron chi connectivity index (χ3n) is 3.21. The highest BCUT2D eigenvalue weighted by atomic mass is 16.5. The maximum absolute atomic E-state index is 5.33. The minimum Gasteiger partial charge on any atom is -0.493 e. The van der Waals surface area contributed by atoms with Gasteiger partial charge in [-0.1, -0.05) is 13.8 Å². The SMILES string of the molecule is CNc1nc2cc(OC)c(OC)cc2cc1C(C)C. The number of methoxy groups -OCH3 is 2. The van der Waals surface area contributed by atoms with Crippen LogP contribution >= 0.6 is 0 Å². The molecule has 0 spiro atoms. The lowest BCUT2D eigenvalue weighted by molar-refractivity contribution is 0.356. The normalized spacial score (nSPS) is 10.8. The molecule has 0 bridgehead atoms. The van der Waals surface area contributed by atoms with Crippen LogP contribution in [0.1, 0.15) is 25.3 Å². The Balaban J connectivity index is 2.70. The van der Waals surface area contributed by atoms with Crippen LogP contribution in [0.4, 0.5) is 5.82 Å². The number of anilines is 1. The highest BCUT2D eigenvalue weighted by Crippen LogP contribution is 2.34. The van der Waals surface area contributed by atoms with Gasteiger partial charge in [0.15, 0.2) is 11.5 Å². The molecule has 102 valence electrons. The Morgan fingerprint density at radius 1 is 1.05 bits per heavy atom. The number of ether oxygens (including phenoxy) is 2. The average molecular weight is 260 g/mol. The molecule has 1 heterocycles. The van der Waals surface area contributed by atoms with Crippen LogP contribution in [0.2, 0.25) is 0 Å². The monoisotopic (exact) mass is 260 g/mol. The van der Waals surface area contributed by atoms with Gasteiger partial charge in [-0.3, -0.25) is 0 Å². The summed E-state index contributed by atoms with van der Waals surface area (Å²) in [5.74, 6) is 2.74. The van der Waals surface area contributed by atoms with Crippen molar-refractivity contribution in [1.82, 2.24) is 4.98 Å². The minimum atomic E-state index is 0.410. The van der Waals surface area contributed by atoms with Gasteiger partial charge in [-0.05, 0) is 23.6 Å². The summed E-state index contributed by atoms with van der Waals surface area (Å²) in [6.45, 7) is 4.31. The molecule has 2 rings (SSSR count). The zero-order valence-corrected chi connectivity index (χ0v) is 12.1. The lowest BCUT2D eigenvalue weighted by Crippen LogP contribution is -2.01. The Hall–Kier alpha value is -1.97. The second-order valence-corrected chi connectivity index (χ2v) is 4.73. The summed E-state index contributed by atoms with van der Waals surface area (Å²) in [5.41, 5.74) is 2.09. The molecule has 4 heteroatoms. The van der Waals surface area contributed by atoms with Crippen LogP contribution in [0, 0.1) is 0 Å². The summed E-state index contributed by atoms with van der Waals surface area (Å²) >= 11 is 0. The number of benzene rings is 1. The van der Waals surface area contributed by atoms with Crippen molar-refractivity contribution < 1.29 is 9.47 Å². The average Bonchev–Trinajstić information content (AvgIpc) is 2.43. The van der Waals surface area contributed by atoms with E-state index in [1.54, 1.807) is 14.2 Å². The molecule has 0 radical (unpaired) electrons. The van der Waals surface area contributed by atoms with E-state index in [4.69, 9.17) is 9.47 Å². The fraction of sp³-hybridized carbons (Fsp3) is 0.400. The molecule has 19 heavy (non-hydrogen) atoms. The third-order valence-corrected chi connectivity index (χ3v) is 3.21. The molecule has 1 aromatic heterocycles. The van der Waals surface area contributed by atoms with Crippen molar-refractivity contribution >= 4 is 16.7 Å². The Morgan fingerprint density at radius 3 is 2.21 bits per heavy atom. The summed E-state index contributed by atoms with van der Waals surface area (Å²) in [5, 5.41) is 4.21. The van der Waals surface area contributed by atoms with Crippen LogP contribution < -0.4 is 14.8 Å². The van der Waals surface area contributed by atoms with Crippen LogP contribution in [-0.2, 0) is 0 Å². The van der Waals surface area contributed by atoms with Gasteiger partial charge in [0.2, 0.25) is 0 Å². The first-order valence-corrected chi connectivity index (χ1v) is 6.35. The standard InChI is InChI=1S/C15H20N2O2/c1-9(2)11-6-10-7-13(18-4)14(19-5)8-12(10)17-15(11)16-3/h6-9H,1-5H3,(H,16,17). The van der Waals surface area contributed by atoms with Gasteiger partial charge in [0.05, 0.1) is 19.7 Å². The molecule has 0 aliphatic heterocycles. The fourth-order valence-electron chi connectivity index (χ4n) is 2.16. The van der Waals surface area contributed by atoms with Crippen molar-refractivity contribution in [3.8, 4) is 11.5 Å². The predicted octanol–water partition coefficient (Wildman–Crippen LogP) is 3.42. The molecular formula is C15H20N2O2. The number of nitrogens with zero attached hydrogens (tertiary/aromatic N) is 1. The maximum Gasteiger partial charge on any atom is 0.162 e. The number of nitrogens with one attached hydrogen (secondary N) is 1. The van der Waals surface area contributed by atoms with E-state index >= 15 is 0 Å². The van der Waals surface area contributed by atoms with Gasteiger partial charge < -0.3 is 14.8 Å². The highest BCUT2D eigenvalue weighted by Gasteiger charge is 2.12. The lowest BCUT2D eigenvalue weighted by Gasteiger charge is -2.14. The van der Waals surface area contributed by atoms with Gasteiger partial charge in [0.25, 0.3) is 0 Å². The number of fused-ring (bicyclic) bond motifs is 1. The van der Waals surface area contributed by atoms with Gasteiger partial charge in [-0.2, -0.15) is 0 Å². The van der Waals surface area contributed by atoms with E-state index in [2.05, 4.69) is 30.2 Å². The van der Waals surface area contributed by atoms with Gasteiger partial charge >= 0.3 is 0 Å².